The van der Waals surface area contributed by atoms with Crippen LogP contribution < -0.4 is 0 Å². The second-order valence-corrected chi connectivity index (χ2v) is 1.58. The molecule has 5 nitrogen and oxygen atoms in total. The number of hydrogen-bond acceptors (Lipinski definition) is 4. The molecule has 0 aromatic rings. The standard InChI is InChI=1S/C4H9NO4.Na/c1-2-3(4(6)7)5(8)9;/h3,8-9H,2H2,1H3,(H,6,7);. The van der Waals surface area contributed by atoms with Gasteiger partial charge in [0.1, 0.15) is 0 Å². The van der Waals surface area contributed by atoms with E-state index >= 15 is 0 Å². The Morgan fingerprint density at radius 1 is 1.60 bits per heavy atom. The summed E-state index contributed by atoms with van der Waals surface area (Å²) in [6.07, 6.45) is 0.155. The molecule has 6 heteroatoms. The van der Waals surface area contributed by atoms with Gasteiger partial charge in [-0.05, 0) is 6.42 Å². The third-order valence-corrected chi connectivity index (χ3v) is 0.951. The first-order chi connectivity index (χ1) is 4.09. The van der Waals surface area contributed by atoms with E-state index in [1.807, 2.05) is 0 Å². The van der Waals surface area contributed by atoms with Crippen LogP contribution in [0.15, 0.2) is 0 Å². The van der Waals surface area contributed by atoms with Gasteiger partial charge in [-0.25, -0.2) is 0 Å². The maximum absolute atomic E-state index is 10.0. The molecule has 0 saturated carbocycles. The van der Waals surface area contributed by atoms with Crippen molar-refractivity contribution in [1.29, 1.82) is 0 Å². The van der Waals surface area contributed by atoms with E-state index in [1.165, 1.54) is 6.92 Å². The van der Waals surface area contributed by atoms with Crippen LogP contribution in [0.3, 0.4) is 0 Å². The van der Waals surface area contributed by atoms with E-state index in [1.54, 1.807) is 0 Å². The van der Waals surface area contributed by atoms with Gasteiger partial charge < -0.3 is 5.11 Å². The molecule has 0 aliphatic heterocycles. The van der Waals surface area contributed by atoms with Gasteiger partial charge in [-0.15, -0.1) is 0 Å². The molecule has 0 amide bonds. The van der Waals surface area contributed by atoms with Crippen LogP contribution in [0, 0.1) is 0 Å². The number of rotatable bonds is 3. The van der Waals surface area contributed by atoms with E-state index in [0.717, 1.165) is 0 Å². The van der Waals surface area contributed by atoms with Gasteiger partial charge in [0.25, 0.3) is 0 Å². The third-order valence-electron chi connectivity index (χ3n) is 0.951. The van der Waals surface area contributed by atoms with Crippen molar-refractivity contribution in [1.82, 2.24) is 5.23 Å². The molecule has 0 aromatic carbocycles. The maximum Gasteiger partial charge on any atom is 0.325 e. The number of carboxylic acid groups (broad SMARTS) is 1. The van der Waals surface area contributed by atoms with E-state index in [4.69, 9.17) is 15.5 Å². The average molecular weight is 158 g/mol. The van der Waals surface area contributed by atoms with Gasteiger partial charge in [0.05, 0.1) is 0 Å². The normalized spacial score (nSPS) is 12.4. The molecule has 1 radical (unpaired) electrons. The zero-order chi connectivity index (χ0) is 7.44. The summed E-state index contributed by atoms with van der Waals surface area (Å²) in [5.74, 6) is -1.25. The minimum atomic E-state index is -1.25. The maximum atomic E-state index is 10.0. The summed E-state index contributed by atoms with van der Waals surface area (Å²) >= 11 is 0. The molecule has 0 heterocycles. The van der Waals surface area contributed by atoms with Crippen LogP contribution in [0.2, 0.25) is 0 Å². The molecule has 0 aromatic heterocycles. The fourth-order valence-electron chi connectivity index (χ4n) is 0.437. The predicted octanol–water partition coefficient (Wildman–Crippen LogP) is -0.451. The summed E-state index contributed by atoms with van der Waals surface area (Å²) in [6, 6.07) is -1.22. The van der Waals surface area contributed by atoms with Gasteiger partial charge in [0.15, 0.2) is 6.04 Å². The van der Waals surface area contributed by atoms with Crippen molar-refractivity contribution in [2.45, 2.75) is 19.4 Å². The summed E-state index contributed by atoms with van der Waals surface area (Å²) < 4.78 is 0. The summed E-state index contributed by atoms with van der Waals surface area (Å²) in [6.45, 7) is 1.54. The van der Waals surface area contributed by atoms with Gasteiger partial charge in [-0.1, -0.05) is 12.2 Å². The van der Waals surface area contributed by atoms with Crippen LogP contribution >= 0.6 is 0 Å². The number of carboxylic acids is 1. The molecule has 0 aliphatic carbocycles. The van der Waals surface area contributed by atoms with E-state index in [0.29, 0.717) is 0 Å². The molecule has 1 atom stereocenters. The van der Waals surface area contributed by atoms with E-state index in [9.17, 15) is 4.79 Å². The molecular formula is C4H9NNaO4. The Morgan fingerprint density at radius 2 is 2.00 bits per heavy atom. The van der Waals surface area contributed by atoms with Crippen molar-refractivity contribution in [3.8, 4) is 0 Å². The topological polar surface area (TPSA) is 81.0 Å². The number of nitrogens with zero attached hydrogens (tertiary/aromatic N) is 1. The molecule has 0 rings (SSSR count). The minimum absolute atomic E-state index is 0. The average Bonchev–Trinajstić information content (AvgIpc) is 1.64. The first kappa shape index (κ1) is 13.0. The number of hydrogen-bond donors (Lipinski definition) is 3. The Morgan fingerprint density at radius 3 is 2.00 bits per heavy atom. The Hall–Kier alpha value is 0.350. The van der Waals surface area contributed by atoms with Crippen molar-refractivity contribution in [2.24, 2.45) is 0 Å². The van der Waals surface area contributed by atoms with Crippen molar-refractivity contribution in [3.05, 3.63) is 0 Å². The number of hydroxylamine groups is 2. The fourth-order valence-corrected chi connectivity index (χ4v) is 0.437. The quantitative estimate of drug-likeness (QED) is 0.383. The van der Waals surface area contributed by atoms with E-state index < -0.39 is 12.0 Å². The molecule has 3 N–H and O–H groups in total. The second-order valence-electron chi connectivity index (χ2n) is 1.58. The van der Waals surface area contributed by atoms with Gasteiger partial charge in [-0.3, -0.25) is 15.2 Å². The number of carbonyl (C=O) groups is 1. The Bertz CT molecular complexity index is 107. The van der Waals surface area contributed by atoms with E-state index in [2.05, 4.69) is 0 Å². The molecule has 0 aliphatic rings. The second kappa shape index (κ2) is 6.09. The molecule has 1 unspecified atom stereocenters. The van der Waals surface area contributed by atoms with Gasteiger partial charge in [-0.2, -0.15) is 0 Å². The Labute approximate surface area is 80.5 Å². The van der Waals surface area contributed by atoms with Crippen LogP contribution in [-0.4, -0.2) is 62.3 Å². The first-order valence-corrected chi connectivity index (χ1v) is 2.49. The fraction of sp³-hybridized carbons (Fsp3) is 0.750. The van der Waals surface area contributed by atoms with Crippen molar-refractivity contribution < 1.29 is 20.3 Å². The zero-order valence-corrected chi connectivity index (χ0v) is 7.98. The van der Waals surface area contributed by atoms with Gasteiger partial charge in [0, 0.05) is 29.6 Å². The summed E-state index contributed by atoms with van der Waals surface area (Å²) in [4.78, 5) is 10.0. The van der Waals surface area contributed by atoms with Gasteiger partial charge >= 0.3 is 5.97 Å². The van der Waals surface area contributed by atoms with Crippen molar-refractivity contribution >= 4 is 35.5 Å². The monoisotopic (exact) mass is 158 g/mol. The summed E-state index contributed by atoms with van der Waals surface area (Å²) in [5.41, 5.74) is 0. The predicted molar refractivity (Wildman–Crippen MR) is 32.9 cm³/mol. The number of aliphatic carboxylic acids is 1. The van der Waals surface area contributed by atoms with E-state index in [-0.39, 0.29) is 41.2 Å². The third kappa shape index (κ3) is 4.21. The summed E-state index contributed by atoms with van der Waals surface area (Å²) in [5, 5.41) is 24.3. The van der Waals surface area contributed by atoms with Crippen LogP contribution in [0.4, 0.5) is 0 Å². The minimum Gasteiger partial charge on any atom is -0.480 e. The Balaban J connectivity index is 0. The van der Waals surface area contributed by atoms with Crippen molar-refractivity contribution in [3.63, 3.8) is 0 Å². The first-order valence-electron chi connectivity index (χ1n) is 2.49. The molecule has 0 spiro atoms. The Kier molecular flexibility index (Phi) is 7.90. The molecule has 0 saturated heterocycles. The van der Waals surface area contributed by atoms with Crippen LogP contribution in [0.5, 0.6) is 0 Å². The van der Waals surface area contributed by atoms with Crippen LogP contribution in [-0.2, 0) is 4.79 Å². The van der Waals surface area contributed by atoms with Crippen LogP contribution in [0.1, 0.15) is 13.3 Å². The molecule has 10 heavy (non-hydrogen) atoms. The SMILES string of the molecule is CCC(C(=O)O)N(O)O.[Na]. The molecule has 0 fully saturated rings. The zero-order valence-electron chi connectivity index (χ0n) is 5.98. The molecule has 55 valence electrons. The molecule has 0 bridgehead atoms. The smallest absolute Gasteiger partial charge is 0.325 e. The van der Waals surface area contributed by atoms with Gasteiger partial charge in [0.2, 0.25) is 0 Å². The summed E-state index contributed by atoms with van der Waals surface area (Å²) in [7, 11) is 0. The largest absolute Gasteiger partial charge is 0.480 e. The van der Waals surface area contributed by atoms with Crippen molar-refractivity contribution in [2.75, 3.05) is 0 Å². The van der Waals surface area contributed by atoms with Crippen LogP contribution in [0.25, 0.3) is 0 Å². The molecular weight excluding hydrogens is 149 g/mol.